The van der Waals surface area contributed by atoms with Crippen molar-refractivity contribution in [2.24, 2.45) is 0 Å². The maximum Gasteiger partial charge on any atom is 0.257 e. The van der Waals surface area contributed by atoms with Gasteiger partial charge >= 0.3 is 0 Å². The molecule has 0 aliphatic carbocycles. The fourth-order valence-corrected chi connectivity index (χ4v) is 3.45. The summed E-state index contributed by atoms with van der Waals surface area (Å²) in [5, 5.41) is 18.2. The van der Waals surface area contributed by atoms with Crippen LogP contribution in [0.5, 0.6) is 0 Å². The van der Waals surface area contributed by atoms with E-state index in [2.05, 4.69) is 27.0 Å². The van der Waals surface area contributed by atoms with Crippen LogP contribution in [0.1, 0.15) is 40.1 Å². The quantitative estimate of drug-likeness (QED) is 0.416. The minimum Gasteiger partial charge on any atom is -0.372 e. The van der Waals surface area contributed by atoms with Gasteiger partial charge in [0.15, 0.2) is 0 Å². The maximum absolute atomic E-state index is 12.8. The number of rotatable bonds is 6. The summed E-state index contributed by atoms with van der Waals surface area (Å²) in [5.41, 5.74) is 1.34. The number of benzene rings is 2. The number of hydrogen-bond acceptors (Lipinski definition) is 5. The number of nitriles is 1. The van der Waals surface area contributed by atoms with Gasteiger partial charge < -0.3 is 16.0 Å². The molecule has 0 atom stereocenters. The van der Waals surface area contributed by atoms with Gasteiger partial charge in [-0.3, -0.25) is 9.59 Å². The fourth-order valence-electron chi connectivity index (χ4n) is 2.98. The molecule has 0 saturated carbocycles. The lowest BCUT2D eigenvalue weighted by molar-refractivity contribution is 0.101. The highest BCUT2D eigenvalue weighted by atomic mass is 35.5. The molecule has 168 valence electrons. The van der Waals surface area contributed by atoms with Crippen molar-refractivity contribution in [2.45, 2.75) is 19.3 Å². The molecule has 0 fully saturated rings. The van der Waals surface area contributed by atoms with Crippen LogP contribution in [-0.2, 0) is 5.41 Å². The number of carbonyl (C=O) groups excluding carboxylic acids is 2. The maximum atomic E-state index is 12.8. The molecular weight excluding hydrogens is 461 g/mol. The largest absolute Gasteiger partial charge is 0.372 e. The highest BCUT2D eigenvalue weighted by Gasteiger charge is 2.21. The summed E-state index contributed by atoms with van der Waals surface area (Å²) in [5.74, 6) is -0.374. The number of hydrogen-bond donors (Lipinski definition) is 3. The van der Waals surface area contributed by atoms with Crippen LogP contribution in [0.2, 0.25) is 10.0 Å². The van der Waals surface area contributed by atoms with Crippen molar-refractivity contribution >= 4 is 52.2 Å². The highest BCUT2D eigenvalue weighted by Crippen LogP contribution is 2.26. The van der Waals surface area contributed by atoms with Crippen molar-refractivity contribution in [3.8, 4) is 6.07 Å². The average Bonchev–Trinajstić information content (AvgIpc) is 2.80. The lowest BCUT2D eigenvalue weighted by Gasteiger charge is -2.16. The van der Waals surface area contributed by atoms with Crippen LogP contribution < -0.4 is 16.0 Å². The highest BCUT2D eigenvalue weighted by molar-refractivity contribution is 6.35. The van der Waals surface area contributed by atoms with Crippen LogP contribution in [0.4, 0.5) is 17.2 Å². The molecule has 0 spiro atoms. The van der Waals surface area contributed by atoms with E-state index in [1.54, 1.807) is 57.3 Å². The molecule has 3 N–H and O–H groups in total. The predicted molar refractivity (Wildman–Crippen MR) is 131 cm³/mol. The predicted octanol–water partition coefficient (Wildman–Crippen LogP) is 5.74. The van der Waals surface area contributed by atoms with Gasteiger partial charge in [-0.05, 0) is 55.8 Å². The van der Waals surface area contributed by atoms with Crippen LogP contribution in [0.25, 0.3) is 0 Å². The third-order valence-electron chi connectivity index (χ3n) is 4.93. The zero-order valence-electron chi connectivity index (χ0n) is 18.2. The Labute approximate surface area is 201 Å². The molecule has 33 heavy (non-hydrogen) atoms. The van der Waals surface area contributed by atoms with E-state index in [0.717, 1.165) is 5.56 Å². The number of nitrogens with zero attached hydrogens (tertiary/aromatic N) is 2. The Morgan fingerprint density at radius 2 is 1.70 bits per heavy atom. The SMILES string of the molecule is CNc1ncc(NC(=O)c2cc(NC(=O)c3cccc(C(C)(C)C#N)c3)ccc2Cl)cc1Cl. The van der Waals surface area contributed by atoms with Gasteiger partial charge in [0, 0.05) is 18.3 Å². The minimum absolute atomic E-state index is 0.169. The van der Waals surface area contributed by atoms with Crippen molar-refractivity contribution in [2.75, 3.05) is 23.0 Å². The van der Waals surface area contributed by atoms with E-state index in [0.29, 0.717) is 27.8 Å². The summed E-state index contributed by atoms with van der Waals surface area (Å²) >= 11 is 12.3. The van der Waals surface area contributed by atoms with Crippen LogP contribution in [0.3, 0.4) is 0 Å². The number of aromatic nitrogens is 1. The van der Waals surface area contributed by atoms with E-state index in [1.165, 1.54) is 18.3 Å². The standard InChI is InChI=1S/C24H21Cl2N5O2/c1-24(2,13-27)15-6-4-5-14(9-15)22(32)30-16-7-8-19(25)18(10-16)23(33)31-17-11-20(26)21(28-3)29-12-17/h4-12H,1-3H3,(H,28,29)(H,30,32)(H,31,33). The summed E-state index contributed by atoms with van der Waals surface area (Å²) in [7, 11) is 1.69. The first-order valence-electron chi connectivity index (χ1n) is 9.92. The molecule has 7 nitrogen and oxygen atoms in total. The molecule has 0 aliphatic rings. The van der Waals surface area contributed by atoms with E-state index in [4.69, 9.17) is 23.2 Å². The fraction of sp³-hybridized carbons (Fsp3) is 0.167. The Hall–Kier alpha value is -3.60. The summed E-state index contributed by atoms with van der Waals surface area (Å²) in [6, 6.07) is 15.2. The van der Waals surface area contributed by atoms with E-state index < -0.39 is 11.3 Å². The number of pyridine rings is 1. The normalized spacial score (nSPS) is 10.8. The Bertz CT molecular complexity index is 1270. The Morgan fingerprint density at radius 1 is 0.970 bits per heavy atom. The van der Waals surface area contributed by atoms with Crippen LogP contribution in [-0.4, -0.2) is 23.8 Å². The van der Waals surface area contributed by atoms with E-state index in [1.807, 2.05) is 0 Å². The zero-order chi connectivity index (χ0) is 24.2. The van der Waals surface area contributed by atoms with E-state index >= 15 is 0 Å². The first-order chi connectivity index (χ1) is 15.6. The van der Waals surface area contributed by atoms with Crippen molar-refractivity contribution in [3.05, 3.63) is 81.5 Å². The van der Waals surface area contributed by atoms with Crippen molar-refractivity contribution < 1.29 is 9.59 Å². The molecule has 1 aromatic heterocycles. The monoisotopic (exact) mass is 481 g/mol. The van der Waals surface area contributed by atoms with Crippen molar-refractivity contribution in [1.29, 1.82) is 5.26 Å². The second-order valence-corrected chi connectivity index (χ2v) is 8.54. The number of nitrogens with one attached hydrogen (secondary N) is 3. The lowest BCUT2D eigenvalue weighted by atomic mass is 9.85. The van der Waals surface area contributed by atoms with Gasteiger partial charge in [-0.15, -0.1) is 0 Å². The van der Waals surface area contributed by atoms with E-state index in [9.17, 15) is 14.9 Å². The van der Waals surface area contributed by atoms with Gasteiger partial charge in [0.1, 0.15) is 5.82 Å². The third kappa shape index (κ3) is 5.61. The number of halogens is 2. The smallest absolute Gasteiger partial charge is 0.257 e. The molecule has 2 amide bonds. The van der Waals surface area contributed by atoms with Crippen molar-refractivity contribution in [3.63, 3.8) is 0 Å². The minimum atomic E-state index is -0.731. The van der Waals surface area contributed by atoms with Crippen LogP contribution >= 0.6 is 23.2 Å². The zero-order valence-corrected chi connectivity index (χ0v) is 19.7. The first kappa shape index (κ1) is 24.1. The van der Waals surface area contributed by atoms with Gasteiger partial charge in [-0.1, -0.05) is 35.3 Å². The number of amides is 2. The molecular formula is C24H21Cl2N5O2. The average molecular weight is 482 g/mol. The van der Waals surface area contributed by atoms with Gasteiger partial charge in [-0.25, -0.2) is 4.98 Å². The van der Waals surface area contributed by atoms with Crippen molar-refractivity contribution in [1.82, 2.24) is 4.98 Å². The van der Waals surface area contributed by atoms with Gasteiger partial charge in [0.05, 0.1) is 39.0 Å². The molecule has 1 heterocycles. The molecule has 3 rings (SSSR count). The van der Waals surface area contributed by atoms with Gasteiger partial charge in [-0.2, -0.15) is 5.26 Å². The summed E-state index contributed by atoms with van der Waals surface area (Å²) in [6.45, 7) is 3.56. The molecule has 0 aliphatic heterocycles. The summed E-state index contributed by atoms with van der Waals surface area (Å²) in [4.78, 5) is 29.7. The lowest BCUT2D eigenvalue weighted by Crippen LogP contribution is -2.17. The molecule has 0 bridgehead atoms. The first-order valence-corrected chi connectivity index (χ1v) is 10.7. The summed E-state index contributed by atoms with van der Waals surface area (Å²) in [6.07, 6.45) is 1.46. The Morgan fingerprint density at radius 3 is 2.36 bits per heavy atom. The molecule has 0 radical (unpaired) electrons. The second-order valence-electron chi connectivity index (χ2n) is 7.72. The number of anilines is 3. The summed E-state index contributed by atoms with van der Waals surface area (Å²) < 4.78 is 0. The van der Waals surface area contributed by atoms with Gasteiger partial charge in [0.2, 0.25) is 0 Å². The third-order valence-corrected chi connectivity index (χ3v) is 5.55. The van der Waals surface area contributed by atoms with Crippen LogP contribution in [0.15, 0.2) is 54.7 Å². The molecule has 3 aromatic rings. The molecule has 9 heteroatoms. The molecule has 0 unspecified atom stereocenters. The second kappa shape index (κ2) is 9.90. The topological polar surface area (TPSA) is 107 Å². The molecule has 0 saturated heterocycles. The number of carbonyl (C=O) groups is 2. The Kier molecular flexibility index (Phi) is 7.22. The van der Waals surface area contributed by atoms with Gasteiger partial charge in [0.25, 0.3) is 11.8 Å². The van der Waals surface area contributed by atoms with Crippen LogP contribution in [0, 0.1) is 11.3 Å². The molecule has 2 aromatic carbocycles. The Balaban J connectivity index is 1.80. The van der Waals surface area contributed by atoms with E-state index in [-0.39, 0.29) is 16.5 Å².